The number of carbonyl (C=O) groups excluding carboxylic acids is 1. The van der Waals surface area contributed by atoms with Crippen LogP contribution in [-0.4, -0.2) is 10.2 Å². The molecule has 124 valence electrons. The van der Waals surface area contributed by atoms with Gasteiger partial charge in [-0.2, -0.15) is 4.57 Å². The lowest BCUT2D eigenvalue weighted by Crippen LogP contribution is -3.00. The van der Waals surface area contributed by atoms with E-state index in [4.69, 9.17) is 0 Å². The Kier molecular flexibility index (Phi) is 4.96. The van der Waals surface area contributed by atoms with Crippen molar-refractivity contribution in [3.05, 3.63) is 97.1 Å². The standard InChI is InChI=1S/C21H17N2O.ClH/c24-20(16-22-12-6-2-7-13-22)21-19(17-9-3-1-4-10-17)15-18-11-5-8-14-23(18)21;/h1-15H,16H2;1H/q+1;/p-1. The van der Waals surface area contributed by atoms with Crippen molar-refractivity contribution in [2.75, 3.05) is 0 Å². The minimum absolute atomic E-state index is 0. The van der Waals surface area contributed by atoms with Gasteiger partial charge in [0.1, 0.15) is 5.69 Å². The monoisotopic (exact) mass is 348 g/mol. The van der Waals surface area contributed by atoms with Crippen LogP contribution < -0.4 is 17.0 Å². The number of nitrogens with zero attached hydrogens (tertiary/aromatic N) is 2. The number of ketones is 1. The lowest BCUT2D eigenvalue weighted by atomic mass is 10.0. The zero-order chi connectivity index (χ0) is 16.4. The van der Waals surface area contributed by atoms with Gasteiger partial charge in [0, 0.05) is 29.4 Å². The molecule has 0 aliphatic rings. The Bertz CT molecular complexity index is 994. The molecule has 0 aliphatic heterocycles. The molecular weight excluding hydrogens is 332 g/mol. The highest BCUT2D eigenvalue weighted by Gasteiger charge is 2.21. The number of fused-ring (bicyclic) bond motifs is 1. The fourth-order valence-electron chi connectivity index (χ4n) is 3.03. The Morgan fingerprint density at radius 3 is 2.32 bits per heavy atom. The number of Topliss-reactive ketones (excluding diaryl/α,β-unsaturated/α-hetero) is 1. The first kappa shape index (κ1) is 16.9. The van der Waals surface area contributed by atoms with E-state index >= 15 is 0 Å². The van der Waals surface area contributed by atoms with Gasteiger partial charge in [-0.25, -0.2) is 0 Å². The summed E-state index contributed by atoms with van der Waals surface area (Å²) in [6.07, 6.45) is 5.77. The van der Waals surface area contributed by atoms with Crippen molar-refractivity contribution in [1.29, 1.82) is 0 Å². The van der Waals surface area contributed by atoms with Gasteiger partial charge in [0.05, 0.1) is 0 Å². The van der Waals surface area contributed by atoms with Crippen LogP contribution >= 0.6 is 0 Å². The van der Waals surface area contributed by atoms with E-state index in [-0.39, 0.29) is 18.2 Å². The molecule has 4 aromatic rings. The van der Waals surface area contributed by atoms with E-state index in [0.29, 0.717) is 6.54 Å². The molecular formula is C21H17ClN2O. The molecule has 0 aliphatic carbocycles. The Labute approximate surface area is 152 Å². The summed E-state index contributed by atoms with van der Waals surface area (Å²) in [5.41, 5.74) is 3.79. The first-order valence-electron chi connectivity index (χ1n) is 7.96. The maximum atomic E-state index is 13.0. The van der Waals surface area contributed by atoms with Gasteiger partial charge >= 0.3 is 0 Å². The van der Waals surface area contributed by atoms with E-state index in [0.717, 1.165) is 22.3 Å². The minimum atomic E-state index is 0. The van der Waals surface area contributed by atoms with Gasteiger partial charge in [-0.3, -0.25) is 4.79 Å². The number of carbonyl (C=O) groups is 1. The fraction of sp³-hybridized carbons (Fsp3) is 0.0476. The average molecular weight is 349 g/mol. The van der Waals surface area contributed by atoms with Crippen LogP contribution in [0.3, 0.4) is 0 Å². The summed E-state index contributed by atoms with van der Waals surface area (Å²) in [4.78, 5) is 13.0. The first-order chi connectivity index (χ1) is 11.8. The number of rotatable bonds is 4. The second kappa shape index (κ2) is 7.32. The number of hydrogen-bond acceptors (Lipinski definition) is 1. The number of aromatic nitrogens is 2. The summed E-state index contributed by atoms with van der Waals surface area (Å²) in [6.45, 7) is 0.321. The highest BCUT2D eigenvalue weighted by atomic mass is 35.5. The van der Waals surface area contributed by atoms with E-state index in [1.165, 1.54) is 0 Å². The van der Waals surface area contributed by atoms with Crippen LogP contribution in [0.2, 0.25) is 0 Å². The van der Waals surface area contributed by atoms with Crippen molar-refractivity contribution in [2.45, 2.75) is 6.54 Å². The molecule has 0 N–H and O–H groups in total. The molecule has 0 fully saturated rings. The third-order valence-corrected chi connectivity index (χ3v) is 4.13. The van der Waals surface area contributed by atoms with Gasteiger partial charge in [-0.05, 0) is 23.8 Å². The molecule has 0 saturated carbocycles. The smallest absolute Gasteiger partial charge is 0.244 e. The highest BCUT2D eigenvalue weighted by Crippen LogP contribution is 2.28. The quantitative estimate of drug-likeness (QED) is 0.395. The first-order valence-corrected chi connectivity index (χ1v) is 7.96. The average Bonchev–Trinajstić information content (AvgIpc) is 3.03. The van der Waals surface area contributed by atoms with E-state index in [1.54, 1.807) is 0 Å². The van der Waals surface area contributed by atoms with Crippen LogP contribution in [-0.2, 0) is 6.54 Å². The van der Waals surface area contributed by atoms with Gasteiger partial charge < -0.3 is 16.8 Å². The zero-order valence-electron chi connectivity index (χ0n) is 13.5. The third kappa shape index (κ3) is 3.32. The topological polar surface area (TPSA) is 25.4 Å². The van der Waals surface area contributed by atoms with Crippen molar-refractivity contribution in [2.24, 2.45) is 0 Å². The summed E-state index contributed by atoms with van der Waals surface area (Å²) in [5.74, 6) is 0.0938. The van der Waals surface area contributed by atoms with Crippen LogP contribution in [0.4, 0.5) is 0 Å². The van der Waals surface area contributed by atoms with E-state index in [2.05, 4.69) is 6.07 Å². The highest BCUT2D eigenvalue weighted by molar-refractivity contribution is 6.02. The van der Waals surface area contributed by atoms with Crippen molar-refractivity contribution in [1.82, 2.24) is 4.40 Å². The second-order valence-corrected chi connectivity index (χ2v) is 5.74. The SMILES string of the molecule is O=C(C[n+]1ccccc1)c1c(-c2ccccc2)cc2ccccn12.[Cl-]. The zero-order valence-corrected chi connectivity index (χ0v) is 14.3. The Morgan fingerprint density at radius 2 is 1.56 bits per heavy atom. The molecule has 4 heteroatoms. The van der Waals surface area contributed by atoms with Gasteiger partial charge in [0.15, 0.2) is 12.4 Å². The molecule has 0 bridgehead atoms. The third-order valence-electron chi connectivity index (χ3n) is 4.13. The lowest BCUT2D eigenvalue weighted by Gasteiger charge is -2.05. The van der Waals surface area contributed by atoms with Gasteiger partial charge in [-0.1, -0.05) is 42.5 Å². The maximum absolute atomic E-state index is 13.0. The predicted octanol–water partition coefficient (Wildman–Crippen LogP) is 0.781. The number of pyridine rings is 2. The molecule has 3 aromatic heterocycles. The van der Waals surface area contributed by atoms with Crippen LogP contribution in [0.1, 0.15) is 10.5 Å². The van der Waals surface area contributed by atoms with Gasteiger partial charge in [0.2, 0.25) is 12.3 Å². The summed E-state index contributed by atoms with van der Waals surface area (Å²) < 4.78 is 3.88. The Morgan fingerprint density at radius 1 is 0.880 bits per heavy atom. The Hall–Kier alpha value is -2.91. The van der Waals surface area contributed by atoms with Crippen LogP contribution in [0.25, 0.3) is 16.6 Å². The molecule has 0 amide bonds. The maximum Gasteiger partial charge on any atom is 0.244 e. The molecule has 0 saturated heterocycles. The van der Waals surface area contributed by atoms with E-state index in [9.17, 15) is 4.79 Å². The fourth-order valence-corrected chi connectivity index (χ4v) is 3.03. The Balaban J connectivity index is 0.00000182. The summed E-state index contributed by atoms with van der Waals surface area (Å²) in [7, 11) is 0. The van der Waals surface area contributed by atoms with Gasteiger partial charge in [-0.15, -0.1) is 0 Å². The molecule has 0 unspecified atom stereocenters. The normalized spacial score (nSPS) is 10.4. The molecule has 25 heavy (non-hydrogen) atoms. The lowest BCUT2D eigenvalue weighted by molar-refractivity contribution is -0.683. The summed E-state index contributed by atoms with van der Waals surface area (Å²) in [5, 5.41) is 0. The molecule has 1 aromatic carbocycles. The number of hydrogen-bond donors (Lipinski definition) is 0. The van der Waals surface area contributed by atoms with Crippen LogP contribution in [0.15, 0.2) is 91.4 Å². The largest absolute Gasteiger partial charge is 1.00 e. The minimum Gasteiger partial charge on any atom is -1.00 e. The molecule has 0 atom stereocenters. The number of halogens is 1. The molecule has 4 rings (SSSR count). The summed E-state index contributed by atoms with van der Waals surface area (Å²) in [6, 6.07) is 23.9. The van der Waals surface area contributed by atoms with Crippen molar-refractivity contribution >= 4 is 11.3 Å². The molecule has 3 heterocycles. The van der Waals surface area contributed by atoms with Crippen molar-refractivity contribution in [3.8, 4) is 11.1 Å². The van der Waals surface area contributed by atoms with E-state index < -0.39 is 0 Å². The van der Waals surface area contributed by atoms with Gasteiger partial charge in [0.25, 0.3) is 0 Å². The van der Waals surface area contributed by atoms with Crippen molar-refractivity contribution in [3.63, 3.8) is 0 Å². The van der Waals surface area contributed by atoms with E-state index in [1.807, 2.05) is 94.3 Å². The molecule has 3 nitrogen and oxygen atoms in total. The molecule has 0 spiro atoms. The van der Waals surface area contributed by atoms with Crippen LogP contribution in [0.5, 0.6) is 0 Å². The van der Waals surface area contributed by atoms with Crippen molar-refractivity contribution < 1.29 is 21.8 Å². The number of benzene rings is 1. The summed E-state index contributed by atoms with van der Waals surface area (Å²) >= 11 is 0. The molecule has 0 radical (unpaired) electrons. The van der Waals surface area contributed by atoms with Crippen LogP contribution in [0, 0.1) is 0 Å². The predicted molar refractivity (Wildman–Crippen MR) is 93.8 cm³/mol. The second-order valence-electron chi connectivity index (χ2n) is 5.74.